The summed E-state index contributed by atoms with van der Waals surface area (Å²) in [4.78, 5) is 14.3. The van der Waals surface area contributed by atoms with Gasteiger partial charge in [0.1, 0.15) is 0 Å². The van der Waals surface area contributed by atoms with Gasteiger partial charge in [0.15, 0.2) is 11.5 Å². The van der Waals surface area contributed by atoms with Gasteiger partial charge >= 0.3 is 6.18 Å². The summed E-state index contributed by atoms with van der Waals surface area (Å²) in [7, 11) is 0. The molecule has 0 radical (unpaired) electrons. The Hall–Kier alpha value is -3.42. The van der Waals surface area contributed by atoms with Crippen LogP contribution in [-0.4, -0.2) is 22.6 Å². The SMILES string of the molecule is O=C(Nc1cccc(C(F)(F)F)c1)c1ccc(N2CCc3ccccc32)nn1. The van der Waals surface area contributed by atoms with Crippen LogP contribution in [0.15, 0.2) is 60.7 Å². The molecule has 1 aliphatic rings. The molecule has 0 saturated heterocycles. The van der Waals surface area contributed by atoms with Crippen LogP contribution in [0.2, 0.25) is 0 Å². The maximum Gasteiger partial charge on any atom is 0.416 e. The van der Waals surface area contributed by atoms with Crippen LogP contribution in [0.1, 0.15) is 21.6 Å². The van der Waals surface area contributed by atoms with Crippen LogP contribution < -0.4 is 10.2 Å². The smallest absolute Gasteiger partial charge is 0.324 e. The predicted octanol–water partition coefficient (Wildman–Crippen LogP) is 4.44. The average molecular weight is 384 g/mol. The third-order valence-electron chi connectivity index (χ3n) is 4.49. The number of halogens is 3. The number of hydrogen-bond acceptors (Lipinski definition) is 4. The van der Waals surface area contributed by atoms with Gasteiger partial charge in [-0.2, -0.15) is 13.2 Å². The third kappa shape index (κ3) is 3.53. The topological polar surface area (TPSA) is 58.1 Å². The summed E-state index contributed by atoms with van der Waals surface area (Å²) in [5.41, 5.74) is 1.50. The molecule has 0 bridgehead atoms. The van der Waals surface area contributed by atoms with Gasteiger partial charge < -0.3 is 10.2 Å². The Morgan fingerprint density at radius 2 is 1.82 bits per heavy atom. The van der Waals surface area contributed by atoms with Crippen molar-refractivity contribution in [2.75, 3.05) is 16.8 Å². The first-order chi connectivity index (χ1) is 13.4. The molecule has 0 aliphatic carbocycles. The Kier molecular flexibility index (Phi) is 4.46. The molecule has 0 saturated carbocycles. The molecular formula is C20H15F3N4O. The van der Waals surface area contributed by atoms with Crippen LogP contribution in [0.3, 0.4) is 0 Å². The lowest BCUT2D eigenvalue weighted by atomic mass is 10.2. The molecule has 142 valence electrons. The first-order valence-corrected chi connectivity index (χ1v) is 8.59. The number of aromatic nitrogens is 2. The van der Waals surface area contributed by atoms with Crippen LogP contribution >= 0.6 is 0 Å². The summed E-state index contributed by atoms with van der Waals surface area (Å²) in [5.74, 6) is -0.0132. The number of hydrogen-bond donors (Lipinski definition) is 1. The molecule has 1 N–H and O–H groups in total. The fraction of sp³-hybridized carbons (Fsp3) is 0.150. The molecule has 2 heterocycles. The number of nitrogens with zero attached hydrogens (tertiary/aromatic N) is 3. The lowest BCUT2D eigenvalue weighted by Gasteiger charge is -2.17. The highest BCUT2D eigenvalue weighted by atomic mass is 19.4. The van der Waals surface area contributed by atoms with Crippen molar-refractivity contribution in [3.63, 3.8) is 0 Å². The first kappa shape index (κ1) is 18.0. The van der Waals surface area contributed by atoms with Crippen molar-refractivity contribution in [3.8, 4) is 0 Å². The number of benzene rings is 2. The van der Waals surface area contributed by atoms with Crippen LogP contribution in [0, 0.1) is 0 Å². The molecule has 8 heteroatoms. The number of para-hydroxylation sites is 1. The van der Waals surface area contributed by atoms with Gasteiger partial charge in [-0.05, 0) is 48.4 Å². The number of anilines is 3. The van der Waals surface area contributed by atoms with Crippen molar-refractivity contribution in [2.45, 2.75) is 12.6 Å². The molecular weight excluding hydrogens is 369 g/mol. The molecule has 1 aliphatic heterocycles. The van der Waals surface area contributed by atoms with Crippen molar-refractivity contribution in [1.82, 2.24) is 10.2 Å². The second kappa shape index (κ2) is 6.95. The zero-order valence-electron chi connectivity index (χ0n) is 14.6. The van der Waals surface area contributed by atoms with Crippen molar-refractivity contribution in [1.29, 1.82) is 0 Å². The Morgan fingerprint density at radius 3 is 2.57 bits per heavy atom. The Balaban J connectivity index is 1.50. The average Bonchev–Trinajstić information content (AvgIpc) is 3.12. The quantitative estimate of drug-likeness (QED) is 0.725. The van der Waals surface area contributed by atoms with Crippen LogP contribution in [0.4, 0.5) is 30.4 Å². The second-order valence-electron chi connectivity index (χ2n) is 6.34. The summed E-state index contributed by atoms with van der Waals surface area (Å²) in [6, 6.07) is 15.6. The van der Waals surface area contributed by atoms with E-state index in [0.717, 1.165) is 30.8 Å². The van der Waals surface area contributed by atoms with E-state index in [0.29, 0.717) is 5.82 Å². The van der Waals surface area contributed by atoms with Gasteiger partial charge in [-0.25, -0.2) is 0 Å². The number of carbonyl (C=O) groups is 1. The highest BCUT2D eigenvalue weighted by Gasteiger charge is 2.30. The van der Waals surface area contributed by atoms with Gasteiger partial charge in [-0.1, -0.05) is 24.3 Å². The van der Waals surface area contributed by atoms with E-state index in [2.05, 4.69) is 21.6 Å². The second-order valence-corrected chi connectivity index (χ2v) is 6.34. The Labute approximate surface area is 158 Å². The minimum absolute atomic E-state index is 0.0219. The van der Waals surface area contributed by atoms with E-state index in [1.165, 1.54) is 23.8 Å². The Bertz CT molecular complexity index is 1020. The molecule has 1 amide bonds. The molecule has 1 aromatic heterocycles. The van der Waals surface area contributed by atoms with Crippen LogP contribution in [0.25, 0.3) is 0 Å². The van der Waals surface area contributed by atoms with E-state index < -0.39 is 17.6 Å². The fourth-order valence-electron chi connectivity index (χ4n) is 3.13. The standard InChI is InChI=1S/C20H15F3N4O/c21-20(22,23)14-5-3-6-15(12-14)24-19(28)16-8-9-18(26-25-16)27-11-10-13-4-1-2-7-17(13)27/h1-9,12H,10-11H2,(H,24,28). The van der Waals surface area contributed by atoms with Gasteiger partial charge in [-0.15, -0.1) is 10.2 Å². The summed E-state index contributed by atoms with van der Waals surface area (Å²) < 4.78 is 38.4. The zero-order chi connectivity index (χ0) is 19.7. The van der Waals surface area contributed by atoms with Crippen molar-refractivity contribution < 1.29 is 18.0 Å². The molecule has 4 rings (SSSR count). The maximum absolute atomic E-state index is 12.8. The van der Waals surface area contributed by atoms with Crippen LogP contribution in [0.5, 0.6) is 0 Å². The first-order valence-electron chi connectivity index (χ1n) is 8.59. The molecule has 0 atom stereocenters. The summed E-state index contributed by atoms with van der Waals surface area (Å²) in [6.45, 7) is 0.768. The monoisotopic (exact) mass is 384 g/mol. The van der Waals surface area contributed by atoms with Gasteiger partial charge in [0.2, 0.25) is 0 Å². The molecule has 0 unspecified atom stereocenters. The fourth-order valence-corrected chi connectivity index (χ4v) is 3.13. The van der Waals surface area contributed by atoms with Gasteiger partial charge in [-0.3, -0.25) is 4.79 Å². The molecule has 28 heavy (non-hydrogen) atoms. The Morgan fingerprint density at radius 1 is 1.00 bits per heavy atom. The number of amides is 1. The van der Waals surface area contributed by atoms with Crippen molar-refractivity contribution >= 4 is 23.1 Å². The lowest BCUT2D eigenvalue weighted by Crippen LogP contribution is -2.18. The van der Waals surface area contributed by atoms with Gasteiger partial charge in [0.05, 0.1) is 5.56 Å². The molecule has 0 fully saturated rings. The number of rotatable bonds is 3. The number of alkyl halides is 3. The number of nitrogens with one attached hydrogen (secondary N) is 1. The lowest BCUT2D eigenvalue weighted by molar-refractivity contribution is -0.137. The highest BCUT2D eigenvalue weighted by molar-refractivity contribution is 6.02. The van der Waals surface area contributed by atoms with E-state index >= 15 is 0 Å². The molecule has 5 nitrogen and oxygen atoms in total. The van der Waals surface area contributed by atoms with E-state index in [1.54, 1.807) is 6.07 Å². The number of carbonyl (C=O) groups excluding carboxylic acids is 1. The minimum Gasteiger partial charge on any atom is -0.324 e. The van der Waals surface area contributed by atoms with Gasteiger partial charge in [0, 0.05) is 17.9 Å². The van der Waals surface area contributed by atoms with Crippen molar-refractivity contribution in [2.24, 2.45) is 0 Å². The summed E-state index contributed by atoms with van der Waals surface area (Å²) >= 11 is 0. The minimum atomic E-state index is -4.48. The normalized spacial score (nSPS) is 13.3. The largest absolute Gasteiger partial charge is 0.416 e. The van der Waals surface area contributed by atoms with E-state index in [4.69, 9.17) is 0 Å². The van der Waals surface area contributed by atoms with E-state index in [9.17, 15) is 18.0 Å². The molecule has 0 spiro atoms. The molecule has 2 aromatic carbocycles. The van der Waals surface area contributed by atoms with E-state index in [-0.39, 0.29) is 11.4 Å². The predicted molar refractivity (Wildman–Crippen MR) is 98.6 cm³/mol. The maximum atomic E-state index is 12.8. The van der Waals surface area contributed by atoms with E-state index in [1.807, 2.05) is 23.1 Å². The highest BCUT2D eigenvalue weighted by Crippen LogP contribution is 2.33. The van der Waals surface area contributed by atoms with Gasteiger partial charge in [0.25, 0.3) is 5.91 Å². The van der Waals surface area contributed by atoms with Crippen molar-refractivity contribution in [3.05, 3.63) is 77.5 Å². The molecule has 3 aromatic rings. The summed E-state index contributed by atoms with van der Waals surface area (Å²) in [6.07, 6.45) is -3.58. The summed E-state index contributed by atoms with van der Waals surface area (Å²) in [5, 5.41) is 10.5. The van der Waals surface area contributed by atoms with Crippen LogP contribution in [-0.2, 0) is 12.6 Å². The number of fused-ring (bicyclic) bond motifs is 1. The zero-order valence-corrected chi connectivity index (χ0v) is 14.6. The third-order valence-corrected chi connectivity index (χ3v) is 4.49.